The highest BCUT2D eigenvalue weighted by molar-refractivity contribution is 5.59. The van der Waals surface area contributed by atoms with E-state index in [0.717, 1.165) is 30.9 Å². The fourth-order valence-corrected chi connectivity index (χ4v) is 2.69. The SMILES string of the molecule is CC1CCCN(c2ccc(Nc3nncc(=O)[nH]3)cc2)C1. The van der Waals surface area contributed by atoms with Crippen LogP contribution in [-0.4, -0.2) is 28.3 Å². The number of aromatic nitrogens is 3. The van der Waals surface area contributed by atoms with E-state index in [9.17, 15) is 4.79 Å². The van der Waals surface area contributed by atoms with Crippen molar-refractivity contribution in [3.63, 3.8) is 0 Å². The zero-order valence-electron chi connectivity index (χ0n) is 12.0. The summed E-state index contributed by atoms with van der Waals surface area (Å²) < 4.78 is 0. The molecule has 110 valence electrons. The van der Waals surface area contributed by atoms with E-state index in [0.29, 0.717) is 5.95 Å². The molecule has 0 aliphatic carbocycles. The standard InChI is InChI=1S/C15H19N5O/c1-11-3-2-8-20(10-11)13-6-4-12(5-7-13)17-15-18-14(21)9-16-19-15/h4-7,9,11H,2-3,8,10H2,1H3,(H2,17,18,19,21). The van der Waals surface area contributed by atoms with Gasteiger partial charge in [-0.25, -0.2) is 0 Å². The van der Waals surface area contributed by atoms with Crippen LogP contribution in [0.25, 0.3) is 0 Å². The average molecular weight is 285 g/mol. The van der Waals surface area contributed by atoms with E-state index in [-0.39, 0.29) is 5.56 Å². The van der Waals surface area contributed by atoms with Crippen molar-refractivity contribution in [3.8, 4) is 0 Å². The Kier molecular flexibility index (Phi) is 3.85. The van der Waals surface area contributed by atoms with Crippen molar-refractivity contribution >= 4 is 17.3 Å². The van der Waals surface area contributed by atoms with Gasteiger partial charge in [0, 0.05) is 24.5 Å². The summed E-state index contributed by atoms with van der Waals surface area (Å²) in [5, 5.41) is 10.5. The molecule has 1 aliphatic heterocycles. The Morgan fingerprint density at radius 3 is 2.86 bits per heavy atom. The topological polar surface area (TPSA) is 73.9 Å². The van der Waals surface area contributed by atoms with Crippen molar-refractivity contribution in [3.05, 3.63) is 40.8 Å². The van der Waals surface area contributed by atoms with E-state index in [1.807, 2.05) is 12.1 Å². The van der Waals surface area contributed by atoms with Gasteiger partial charge in [0.2, 0.25) is 5.95 Å². The van der Waals surface area contributed by atoms with Crippen molar-refractivity contribution in [1.29, 1.82) is 0 Å². The molecule has 0 amide bonds. The maximum atomic E-state index is 11.2. The molecule has 2 heterocycles. The molecule has 0 bridgehead atoms. The molecule has 1 atom stereocenters. The Hall–Kier alpha value is -2.37. The van der Waals surface area contributed by atoms with Crippen molar-refractivity contribution in [2.24, 2.45) is 5.92 Å². The Morgan fingerprint density at radius 2 is 2.14 bits per heavy atom. The summed E-state index contributed by atoms with van der Waals surface area (Å²) in [6.07, 6.45) is 3.71. The normalized spacial score (nSPS) is 18.5. The highest BCUT2D eigenvalue weighted by atomic mass is 16.1. The van der Waals surface area contributed by atoms with E-state index in [4.69, 9.17) is 0 Å². The minimum atomic E-state index is -0.272. The van der Waals surface area contributed by atoms with Gasteiger partial charge in [0.1, 0.15) is 6.20 Å². The van der Waals surface area contributed by atoms with Gasteiger partial charge in [0.25, 0.3) is 5.56 Å². The minimum absolute atomic E-state index is 0.272. The first-order valence-corrected chi connectivity index (χ1v) is 7.25. The second kappa shape index (κ2) is 5.95. The molecule has 21 heavy (non-hydrogen) atoms. The van der Waals surface area contributed by atoms with Crippen molar-refractivity contribution in [2.45, 2.75) is 19.8 Å². The molecular weight excluding hydrogens is 266 g/mol. The van der Waals surface area contributed by atoms with Gasteiger partial charge in [-0.05, 0) is 43.0 Å². The van der Waals surface area contributed by atoms with Crippen LogP contribution in [-0.2, 0) is 0 Å². The molecule has 1 aromatic carbocycles. The lowest BCUT2D eigenvalue weighted by Crippen LogP contribution is -2.34. The molecular formula is C15H19N5O. The van der Waals surface area contributed by atoms with Gasteiger partial charge in [0.15, 0.2) is 0 Å². The van der Waals surface area contributed by atoms with Gasteiger partial charge in [-0.1, -0.05) is 6.92 Å². The van der Waals surface area contributed by atoms with Gasteiger partial charge < -0.3 is 10.2 Å². The largest absolute Gasteiger partial charge is 0.371 e. The van der Waals surface area contributed by atoms with Gasteiger partial charge in [0.05, 0.1) is 0 Å². The molecule has 0 radical (unpaired) electrons. The third kappa shape index (κ3) is 3.39. The molecule has 6 heteroatoms. The lowest BCUT2D eigenvalue weighted by Gasteiger charge is -2.32. The number of rotatable bonds is 3. The first-order valence-electron chi connectivity index (χ1n) is 7.25. The monoisotopic (exact) mass is 285 g/mol. The third-order valence-electron chi connectivity index (χ3n) is 3.73. The Bertz CT molecular complexity index is 652. The van der Waals surface area contributed by atoms with Crippen LogP contribution >= 0.6 is 0 Å². The minimum Gasteiger partial charge on any atom is -0.371 e. The van der Waals surface area contributed by atoms with Gasteiger partial charge in [-0.15, -0.1) is 10.2 Å². The molecule has 1 saturated heterocycles. The van der Waals surface area contributed by atoms with Crippen LogP contribution < -0.4 is 15.8 Å². The highest BCUT2D eigenvalue weighted by Crippen LogP contribution is 2.24. The summed E-state index contributed by atoms with van der Waals surface area (Å²) >= 11 is 0. The molecule has 6 nitrogen and oxygen atoms in total. The van der Waals surface area contributed by atoms with Crippen LogP contribution in [0.3, 0.4) is 0 Å². The number of hydrogen-bond donors (Lipinski definition) is 2. The molecule has 3 rings (SSSR count). The molecule has 2 N–H and O–H groups in total. The lowest BCUT2D eigenvalue weighted by molar-refractivity contribution is 0.447. The van der Waals surface area contributed by atoms with Gasteiger partial charge >= 0.3 is 0 Å². The summed E-state index contributed by atoms with van der Waals surface area (Å²) in [6, 6.07) is 8.16. The fourth-order valence-electron chi connectivity index (χ4n) is 2.69. The average Bonchev–Trinajstić information content (AvgIpc) is 2.48. The van der Waals surface area contributed by atoms with Crippen LogP contribution in [0, 0.1) is 5.92 Å². The third-order valence-corrected chi connectivity index (χ3v) is 3.73. The zero-order valence-corrected chi connectivity index (χ0v) is 12.0. The number of benzene rings is 1. The van der Waals surface area contributed by atoms with Crippen LogP contribution in [0.5, 0.6) is 0 Å². The Balaban J connectivity index is 1.70. The molecule has 0 spiro atoms. The van der Waals surface area contributed by atoms with Crippen LogP contribution in [0.1, 0.15) is 19.8 Å². The number of hydrogen-bond acceptors (Lipinski definition) is 5. The maximum Gasteiger partial charge on any atom is 0.271 e. The number of anilines is 3. The molecule has 1 fully saturated rings. The molecule has 2 aromatic rings. The Labute approximate surface area is 123 Å². The number of nitrogens with one attached hydrogen (secondary N) is 2. The van der Waals surface area contributed by atoms with E-state index < -0.39 is 0 Å². The zero-order chi connectivity index (χ0) is 14.7. The smallest absolute Gasteiger partial charge is 0.271 e. The molecule has 1 aromatic heterocycles. The second-order valence-electron chi connectivity index (χ2n) is 5.55. The summed E-state index contributed by atoms with van der Waals surface area (Å²) in [5.74, 6) is 1.10. The first-order chi connectivity index (χ1) is 10.2. The second-order valence-corrected chi connectivity index (χ2v) is 5.55. The number of H-pyrrole nitrogens is 1. The number of nitrogens with zero attached hydrogens (tertiary/aromatic N) is 3. The van der Waals surface area contributed by atoms with Crippen molar-refractivity contribution in [2.75, 3.05) is 23.3 Å². The summed E-state index contributed by atoms with van der Waals surface area (Å²) in [7, 11) is 0. The van der Waals surface area contributed by atoms with Gasteiger partial charge in [-0.2, -0.15) is 0 Å². The molecule has 0 saturated carbocycles. The number of piperidine rings is 1. The van der Waals surface area contributed by atoms with Crippen LogP contribution in [0.2, 0.25) is 0 Å². The fraction of sp³-hybridized carbons (Fsp3) is 0.400. The van der Waals surface area contributed by atoms with Crippen molar-refractivity contribution < 1.29 is 0 Å². The summed E-state index contributed by atoms with van der Waals surface area (Å²) in [4.78, 5) is 16.2. The Morgan fingerprint density at radius 1 is 1.33 bits per heavy atom. The quantitative estimate of drug-likeness (QED) is 0.904. The van der Waals surface area contributed by atoms with Gasteiger partial charge in [-0.3, -0.25) is 9.78 Å². The highest BCUT2D eigenvalue weighted by Gasteiger charge is 2.16. The van der Waals surface area contributed by atoms with Crippen LogP contribution in [0.4, 0.5) is 17.3 Å². The first kappa shape index (κ1) is 13.6. The van der Waals surface area contributed by atoms with Crippen LogP contribution in [0.15, 0.2) is 35.3 Å². The summed E-state index contributed by atoms with van der Waals surface area (Å²) in [6.45, 7) is 4.53. The molecule has 1 aliphatic rings. The predicted molar refractivity (Wildman–Crippen MR) is 83.0 cm³/mol. The number of aromatic amines is 1. The van der Waals surface area contributed by atoms with Crippen molar-refractivity contribution in [1.82, 2.24) is 15.2 Å². The van der Waals surface area contributed by atoms with E-state index in [1.165, 1.54) is 18.5 Å². The summed E-state index contributed by atoms with van der Waals surface area (Å²) in [5.41, 5.74) is 1.84. The maximum absolute atomic E-state index is 11.2. The van der Waals surface area contributed by atoms with E-state index in [1.54, 1.807) is 0 Å². The van der Waals surface area contributed by atoms with E-state index in [2.05, 4.69) is 44.5 Å². The molecule has 1 unspecified atom stereocenters. The van der Waals surface area contributed by atoms with E-state index >= 15 is 0 Å². The predicted octanol–water partition coefficient (Wildman–Crippen LogP) is 2.14. The lowest BCUT2D eigenvalue weighted by atomic mass is 10.00.